The number of carbonyl (C=O) groups excluding carboxylic acids is 1. The van der Waals surface area contributed by atoms with Crippen LogP contribution in [0.4, 0.5) is 0 Å². The van der Waals surface area contributed by atoms with Gasteiger partial charge in [-0.2, -0.15) is 0 Å². The minimum atomic E-state index is -0.617. The molecule has 112 valence electrons. The van der Waals surface area contributed by atoms with Crippen LogP contribution < -0.4 is 10.3 Å². The van der Waals surface area contributed by atoms with E-state index in [9.17, 15) is 9.59 Å². The Morgan fingerprint density at radius 1 is 1.23 bits per heavy atom. The minimum absolute atomic E-state index is 0.0581. The average Bonchev–Trinajstić information content (AvgIpc) is 2.77. The van der Waals surface area contributed by atoms with E-state index in [4.69, 9.17) is 9.47 Å². The number of esters is 1. The highest BCUT2D eigenvalue weighted by molar-refractivity contribution is 6.05. The summed E-state index contributed by atoms with van der Waals surface area (Å²) in [6.45, 7) is 4.29. The van der Waals surface area contributed by atoms with Gasteiger partial charge in [0, 0.05) is 11.3 Å². The summed E-state index contributed by atoms with van der Waals surface area (Å²) in [5, 5.41) is 0. The summed E-state index contributed by atoms with van der Waals surface area (Å²) >= 11 is 0. The first-order valence-corrected chi connectivity index (χ1v) is 6.99. The van der Waals surface area contributed by atoms with Gasteiger partial charge in [0.2, 0.25) is 0 Å². The van der Waals surface area contributed by atoms with Gasteiger partial charge in [-0.15, -0.1) is 0 Å². The third-order valence-corrected chi connectivity index (χ3v) is 3.33. The smallest absolute Gasteiger partial charge is 0.349 e. The zero-order valence-electron chi connectivity index (χ0n) is 12.3. The van der Waals surface area contributed by atoms with Crippen LogP contribution in [-0.4, -0.2) is 17.6 Å². The Hall–Kier alpha value is -2.82. The van der Waals surface area contributed by atoms with Crippen molar-refractivity contribution in [1.82, 2.24) is 4.98 Å². The Kier molecular flexibility index (Phi) is 3.55. The van der Waals surface area contributed by atoms with Gasteiger partial charge in [-0.1, -0.05) is 12.1 Å². The lowest BCUT2D eigenvalue weighted by Crippen LogP contribution is -2.16. The molecule has 5 nitrogen and oxygen atoms in total. The van der Waals surface area contributed by atoms with Gasteiger partial charge < -0.3 is 14.5 Å². The van der Waals surface area contributed by atoms with Crippen molar-refractivity contribution < 1.29 is 14.3 Å². The number of ether oxygens (including phenoxy) is 2. The van der Waals surface area contributed by atoms with E-state index in [1.807, 2.05) is 31.2 Å². The molecule has 1 aromatic carbocycles. The monoisotopic (exact) mass is 297 g/mol. The van der Waals surface area contributed by atoms with E-state index < -0.39 is 11.5 Å². The first-order valence-electron chi connectivity index (χ1n) is 6.99. The van der Waals surface area contributed by atoms with Crippen LogP contribution in [0.5, 0.6) is 5.75 Å². The lowest BCUT2D eigenvalue weighted by Gasteiger charge is -2.03. The molecular formula is C17H15NO4. The Labute approximate surface area is 127 Å². The van der Waals surface area contributed by atoms with Gasteiger partial charge >= 0.3 is 5.97 Å². The average molecular weight is 297 g/mol. The predicted molar refractivity (Wildman–Crippen MR) is 82.7 cm³/mol. The van der Waals surface area contributed by atoms with Crippen LogP contribution in [0.2, 0.25) is 0 Å². The van der Waals surface area contributed by atoms with Crippen molar-refractivity contribution >= 4 is 17.8 Å². The van der Waals surface area contributed by atoms with Gasteiger partial charge in [0.1, 0.15) is 17.1 Å². The van der Waals surface area contributed by atoms with Crippen molar-refractivity contribution in [2.24, 2.45) is 0 Å². The number of hydrogen-bond acceptors (Lipinski definition) is 4. The number of benzene rings is 1. The van der Waals surface area contributed by atoms with Gasteiger partial charge in [0.15, 0.2) is 0 Å². The number of carbonyl (C=O) groups is 1. The number of cyclic esters (lactones) is 1. The number of pyridine rings is 1. The lowest BCUT2D eigenvalue weighted by molar-refractivity contribution is 0.0715. The van der Waals surface area contributed by atoms with Gasteiger partial charge in [-0.25, -0.2) is 4.79 Å². The Morgan fingerprint density at radius 3 is 2.64 bits per heavy atom. The largest absolute Gasteiger partial charge is 0.494 e. The molecule has 22 heavy (non-hydrogen) atoms. The number of H-pyrrole nitrogens is 1. The highest BCUT2D eigenvalue weighted by atomic mass is 16.5. The molecule has 0 spiro atoms. The quantitative estimate of drug-likeness (QED) is 0.884. The summed E-state index contributed by atoms with van der Waals surface area (Å²) in [5.74, 6) is 0.549. The Morgan fingerprint density at radius 2 is 1.95 bits per heavy atom. The highest BCUT2D eigenvalue weighted by Gasteiger charge is 2.29. The molecule has 0 unspecified atom stereocenters. The molecule has 1 aromatic heterocycles. The van der Waals surface area contributed by atoms with E-state index in [1.54, 1.807) is 19.1 Å². The summed E-state index contributed by atoms with van der Waals surface area (Å²) in [6, 6.07) is 9.16. The summed E-state index contributed by atoms with van der Waals surface area (Å²) < 4.78 is 10.6. The number of rotatable bonds is 3. The van der Waals surface area contributed by atoms with Crippen molar-refractivity contribution in [1.29, 1.82) is 0 Å². The molecule has 0 atom stereocenters. The fraction of sp³-hybridized carbons (Fsp3) is 0.176. The molecule has 1 N–H and O–H groups in total. The van der Waals surface area contributed by atoms with Crippen LogP contribution >= 0.6 is 0 Å². The van der Waals surface area contributed by atoms with Crippen molar-refractivity contribution in [3.8, 4) is 5.75 Å². The van der Waals surface area contributed by atoms with Crippen LogP contribution in [-0.2, 0) is 4.74 Å². The summed E-state index contributed by atoms with van der Waals surface area (Å²) in [5.41, 5.74) is 1.70. The van der Waals surface area contributed by atoms with Crippen LogP contribution in [0.1, 0.15) is 34.1 Å². The molecular weight excluding hydrogens is 282 g/mol. The number of hydrogen-bond donors (Lipinski definition) is 1. The van der Waals surface area contributed by atoms with E-state index in [0.717, 1.165) is 11.3 Å². The predicted octanol–water partition coefficient (Wildman–Crippen LogP) is 2.75. The fourth-order valence-electron chi connectivity index (χ4n) is 2.38. The SMILES string of the molecule is CCOc1ccc(/C=C2/OC(=O)c3c2cc(C)[nH]c3=O)cc1. The second-order valence-electron chi connectivity index (χ2n) is 4.97. The first-order chi connectivity index (χ1) is 10.6. The number of fused-ring (bicyclic) bond motifs is 1. The Bertz CT molecular complexity index is 816. The third kappa shape index (κ3) is 2.53. The molecule has 2 aromatic rings. The topological polar surface area (TPSA) is 68.4 Å². The normalized spacial score (nSPS) is 14.8. The number of aryl methyl sites for hydroxylation is 1. The molecule has 0 saturated carbocycles. The maximum absolute atomic E-state index is 11.9. The second kappa shape index (κ2) is 5.52. The molecule has 0 amide bonds. The molecule has 1 aliphatic heterocycles. The van der Waals surface area contributed by atoms with Gasteiger partial charge in [-0.05, 0) is 43.7 Å². The third-order valence-electron chi connectivity index (χ3n) is 3.33. The molecule has 0 fully saturated rings. The molecule has 3 rings (SSSR count). The van der Waals surface area contributed by atoms with E-state index in [-0.39, 0.29) is 5.56 Å². The van der Waals surface area contributed by atoms with E-state index in [1.165, 1.54) is 0 Å². The van der Waals surface area contributed by atoms with E-state index >= 15 is 0 Å². The standard InChI is InChI=1S/C17H15NO4/c1-3-21-12-6-4-11(5-7-12)9-14-13-8-10(2)18-16(19)15(13)17(20)22-14/h4-9H,3H2,1-2H3,(H,18,19)/b14-9+. The van der Waals surface area contributed by atoms with Crippen molar-refractivity contribution in [3.05, 3.63) is 63.1 Å². The van der Waals surface area contributed by atoms with Gasteiger partial charge in [0.05, 0.1) is 6.61 Å². The fourth-order valence-corrected chi connectivity index (χ4v) is 2.38. The second-order valence-corrected chi connectivity index (χ2v) is 4.97. The maximum Gasteiger partial charge on any atom is 0.349 e. The number of nitrogens with one attached hydrogen (secondary N) is 1. The zero-order chi connectivity index (χ0) is 15.7. The molecule has 5 heteroatoms. The van der Waals surface area contributed by atoms with Crippen LogP contribution in [0.25, 0.3) is 11.8 Å². The van der Waals surface area contributed by atoms with Crippen molar-refractivity contribution in [3.63, 3.8) is 0 Å². The molecule has 1 aliphatic rings. The number of aromatic nitrogens is 1. The lowest BCUT2D eigenvalue weighted by atomic mass is 10.1. The van der Waals surface area contributed by atoms with Crippen LogP contribution in [0, 0.1) is 6.92 Å². The van der Waals surface area contributed by atoms with E-state index in [0.29, 0.717) is 23.6 Å². The molecule has 0 saturated heterocycles. The van der Waals surface area contributed by atoms with Crippen molar-refractivity contribution in [2.45, 2.75) is 13.8 Å². The molecule has 2 heterocycles. The van der Waals surface area contributed by atoms with E-state index in [2.05, 4.69) is 4.98 Å². The van der Waals surface area contributed by atoms with Gasteiger partial charge in [0.25, 0.3) is 5.56 Å². The van der Waals surface area contributed by atoms with Crippen LogP contribution in [0.3, 0.4) is 0 Å². The van der Waals surface area contributed by atoms with Gasteiger partial charge in [-0.3, -0.25) is 4.79 Å². The Balaban J connectivity index is 2.01. The first kappa shape index (κ1) is 14.1. The molecule has 0 aliphatic carbocycles. The summed E-state index contributed by atoms with van der Waals surface area (Å²) in [4.78, 5) is 26.3. The molecule has 0 radical (unpaired) electrons. The number of aromatic amines is 1. The van der Waals surface area contributed by atoms with Crippen LogP contribution in [0.15, 0.2) is 35.1 Å². The zero-order valence-corrected chi connectivity index (χ0v) is 12.3. The summed E-state index contributed by atoms with van der Waals surface area (Å²) in [6.07, 6.45) is 1.73. The highest BCUT2D eigenvalue weighted by Crippen LogP contribution is 2.29. The van der Waals surface area contributed by atoms with Crippen molar-refractivity contribution in [2.75, 3.05) is 6.61 Å². The summed E-state index contributed by atoms with van der Waals surface area (Å²) in [7, 11) is 0. The maximum atomic E-state index is 11.9. The minimum Gasteiger partial charge on any atom is -0.494 e. The molecule has 0 bridgehead atoms.